The first-order chi connectivity index (χ1) is 12.7. The Morgan fingerprint density at radius 1 is 1.19 bits per heavy atom. The molecule has 27 heavy (non-hydrogen) atoms. The van der Waals surface area contributed by atoms with Gasteiger partial charge in [0.1, 0.15) is 0 Å². The molecule has 8 nitrogen and oxygen atoms in total. The number of nitrogens with one attached hydrogen (secondary N) is 1. The van der Waals surface area contributed by atoms with Crippen LogP contribution in [0.5, 0.6) is 0 Å². The normalized spacial score (nSPS) is 13.1. The van der Waals surface area contributed by atoms with Crippen LogP contribution in [0.2, 0.25) is 0 Å². The van der Waals surface area contributed by atoms with E-state index < -0.39 is 16.1 Å². The second kappa shape index (κ2) is 7.09. The average Bonchev–Trinajstić information content (AvgIpc) is 3.04. The molecule has 142 valence electrons. The number of fused-ring (bicyclic) bond motifs is 1. The molecule has 2 aromatic heterocycles. The number of sulfonamides is 1. The molecule has 1 atom stereocenters. The molecule has 0 radical (unpaired) electrons. The fourth-order valence-corrected chi connectivity index (χ4v) is 3.33. The fraction of sp³-hybridized carbons (Fsp3) is 0.278. The molecule has 1 aromatic carbocycles. The number of amides is 1. The Balaban J connectivity index is 1.82. The monoisotopic (exact) mass is 387 g/mol. The number of nitrogens with zero attached hydrogens (tertiary/aromatic N) is 3. The summed E-state index contributed by atoms with van der Waals surface area (Å²) in [4.78, 5) is 16.9. The van der Waals surface area contributed by atoms with Gasteiger partial charge in [0.15, 0.2) is 5.65 Å². The summed E-state index contributed by atoms with van der Waals surface area (Å²) in [5.41, 5.74) is 1.76. The molecule has 1 amide bonds. The Morgan fingerprint density at radius 3 is 2.59 bits per heavy atom. The number of rotatable bonds is 5. The number of aromatic nitrogens is 3. The van der Waals surface area contributed by atoms with Gasteiger partial charge in [-0.15, -0.1) is 0 Å². The maximum Gasteiger partial charge on any atom is 0.253 e. The first-order valence-corrected chi connectivity index (χ1v) is 9.98. The lowest BCUT2D eigenvalue weighted by Gasteiger charge is -2.15. The van der Waals surface area contributed by atoms with Gasteiger partial charge >= 0.3 is 0 Å². The minimum absolute atomic E-state index is 0.00489. The Labute approximate surface area is 157 Å². The molecule has 0 aliphatic rings. The summed E-state index contributed by atoms with van der Waals surface area (Å²) < 4.78 is 24.8. The van der Waals surface area contributed by atoms with Crippen LogP contribution < -0.4 is 10.5 Å². The lowest BCUT2D eigenvalue weighted by atomic mass is 10.1. The second-order valence-corrected chi connectivity index (χ2v) is 8.19. The van der Waals surface area contributed by atoms with Crippen molar-refractivity contribution in [3.05, 3.63) is 53.9 Å². The highest BCUT2D eigenvalue weighted by Gasteiger charge is 2.16. The third kappa shape index (κ3) is 3.99. The summed E-state index contributed by atoms with van der Waals surface area (Å²) in [5.74, 6) is -0.310. The van der Waals surface area contributed by atoms with Crippen LogP contribution in [-0.4, -0.2) is 29.1 Å². The van der Waals surface area contributed by atoms with E-state index in [-0.39, 0.29) is 16.8 Å². The second-order valence-electron chi connectivity index (χ2n) is 6.63. The van der Waals surface area contributed by atoms with Crippen molar-refractivity contribution in [2.75, 3.05) is 0 Å². The number of primary sulfonamides is 1. The van der Waals surface area contributed by atoms with Gasteiger partial charge in [-0.1, -0.05) is 12.1 Å². The predicted octanol–water partition coefficient (Wildman–Crippen LogP) is 2.15. The van der Waals surface area contributed by atoms with E-state index in [0.29, 0.717) is 11.1 Å². The van der Waals surface area contributed by atoms with Crippen LogP contribution in [0.1, 0.15) is 48.8 Å². The summed E-state index contributed by atoms with van der Waals surface area (Å²) in [6.45, 7) is 5.78. The zero-order valence-electron chi connectivity index (χ0n) is 15.2. The summed E-state index contributed by atoms with van der Waals surface area (Å²) in [7, 11) is -3.80. The van der Waals surface area contributed by atoms with Gasteiger partial charge in [0.2, 0.25) is 10.0 Å². The summed E-state index contributed by atoms with van der Waals surface area (Å²) in [6, 6.07) is 7.68. The quantitative estimate of drug-likeness (QED) is 0.695. The molecule has 3 N–H and O–H groups in total. The number of benzene rings is 1. The van der Waals surface area contributed by atoms with E-state index in [1.165, 1.54) is 18.3 Å². The first kappa shape index (κ1) is 19.0. The van der Waals surface area contributed by atoms with Gasteiger partial charge < -0.3 is 5.32 Å². The van der Waals surface area contributed by atoms with E-state index in [1.807, 2.05) is 13.8 Å². The third-order valence-corrected chi connectivity index (χ3v) is 5.13. The van der Waals surface area contributed by atoms with E-state index in [0.717, 1.165) is 11.0 Å². The first-order valence-electron chi connectivity index (χ1n) is 8.43. The molecule has 3 aromatic rings. The van der Waals surface area contributed by atoms with Crippen LogP contribution in [0.4, 0.5) is 0 Å². The SMILES string of the molecule is CC(NC(=O)c1cnc2c(cnn2C(C)C)c1)c1cccc(S(N)(=O)=O)c1. The summed E-state index contributed by atoms with van der Waals surface area (Å²) in [5, 5.41) is 13.1. The van der Waals surface area contributed by atoms with Crippen molar-refractivity contribution in [2.24, 2.45) is 5.14 Å². The molecule has 0 spiro atoms. The Morgan fingerprint density at radius 2 is 1.93 bits per heavy atom. The molecular formula is C18H21N5O3S. The van der Waals surface area contributed by atoms with E-state index in [9.17, 15) is 13.2 Å². The highest BCUT2D eigenvalue weighted by molar-refractivity contribution is 7.89. The van der Waals surface area contributed by atoms with Crippen molar-refractivity contribution in [3.63, 3.8) is 0 Å². The highest BCUT2D eigenvalue weighted by Crippen LogP contribution is 2.19. The van der Waals surface area contributed by atoms with Crippen molar-refractivity contribution in [1.29, 1.82) is 0 Å². The highest BCUT2D eigenvalue weighted by atomic mass is 32.2. The van der Waals surface area contributed by atoms with E-state index in [4.69, 9.17) is 5.14 Å². The Bertz CT molecular complexity index is 1110. The van der Waals surface area contributed by atoms with Crippen LogP contribution in [0.3, 0.4) is 0 Å². The van der Waals surface area contributed by atoms with Gasteiger partial charge in [0.25, 0.3) is 5.91 Å². The number of carbonyl (C=O) groups excluding carboxylic acids is 1. The number of hydrogen-bond donors (Lipinski definition) is 2. The Hall–Kier alpha value is -2.78. The molecule has 9 heteroatoms. The van der Waals surface area contributed by atoms with Crippen LogP contribution in [0, 0.1) is 0 Å². The van der Waals surface area contributed by atoms with Gasteiger partial charge in [0.05, 0.1) is 22.7 Å². The lowest BCUT2D eigenvalue weighted by Crippen LogP contribution is -2.27. The number of carbonyl (C=O) groups is 1. The molecule has 1 unspecified atom stereocenters. The van der Waals surface area contributed by atoms with Crippen LogP contribution in [0.25, 0.3) is 11.0 Å². The number of hydrogen-bond acceptors (Lipinski definition) is 5. The van der Waals surface area contributed by atoms with Crippen molar-refractivity contribution in [1.82, 2.24) is 20.1 Å². The van der Waals surface area contributed by atoms with Gasteiger partial charge in [-0.3, -0.25) is 4.79 Å². The van der Waals surface area contributed by atoms with Crippen molar-refractivity contribution < 1.29 is 13.2 Å². The average molecular weight is 387 g/mol. The third-order valence-electron chi connectivity index (χ3n) is 4.22. The minimum Gasteiger partial charge on any atom is -0.345 e. The Kier molecular flexibility index (Phi) is 4.99. The number of nitrogens with two attached hydrogens (primary N) is 1. The molecule has 0 fully saturated rings. The van der Waals surface area contributed by atoms with Gasteiger partial charge in [0, 0.05) is 17.6 Å². The van der Waals surface area contributed by atoms with E-state index >= 15 is 0 Å². The molecule has 0 aliphatic carbocycles. The zero-order chi connectivity index (χ0) is 19.8. The van der Waals surface area contributed by atoms with Gasteiger partial charge in [-0.2, -0.15) is 5.10 Å². The molecule has 2 heterocycles. The molecule has 3 rings (SSSR count). The topological polar surface area (TPSA) is 120 Å². The maximum atomic E-state index is 12.6. The van der Waals surface area contributed by atoms with Gasteiger partial charge in [-0.25, -0.2) is 23.2 Å². The van der Waals surface area contributed by atoms with Crippen molar-refractivity contribution in [3.8, 4) is 0 Å². The fourth-order valence-electron chi connectivity index (χ4n) is 2.77. The molecule has 0 saturated heterocycles. The standard InChI is InChI=1S/C18H21N5O3S/c1-11(2)23-17-14(10-21-23)7-15(9-20-17)18(24)22-12(3)13-5-4-6-16(8-13)27(19,25)26/h4-12H,1-3H3,(H,22,24)(H2,19,25,26). The van der Waals surface area contributed by atoms with E-state index in [1.54, 1.807) is 36.0 Å². The summed E-state index contributed by atoms with van der Waals surface area (Å²) >= 11 is 0. The molecular weight excluding hydrogens is 366 g/mol. The molecule has 0 bridgehead atoms. The lowest BCUT2D eigenvalue weighted by molar-refractivity contribution is 0.0939. The summed E-state index contributed by atoms with van der Waals surface area (Å²) in [6.07, 6.45) is 3.18. The van der Waals surface area contributed by atoms with Gasteiger partial charge in [-0.05, 0) is 44.5 Å². The largest absolute Gasteiger partial charge is 0.345 e. The van der Waals surface area contributed by atoms with Crippen LogP contribution >= 0.6 is 0 Å². The smallest absolute Gasteiger partial charge is 0.253 e. The van der Waals surface area contributed by atoms with Crippen LogP contribution in [0.15, 0.2) is 47.6 Å². The minimum atomic E-state index is -3.80. The predicted molar refractivity (Wildman–Crippen MR) is 102 cm³/mol. The van der Waals surface area contributed by atoms with Crippen molar-refractivity contribution in [2.45, 2.75) is 37.8 Å². The molecule has 0 aliphatic heterocycles. The van der Waals surface area contributed by atoms with Crippen molar-refractivity contribution >= 4 is 27.0 Å². The maximum absolute atomic E-state index is 12.6. The van der Waals surface area contributed by atoms with E-state index in [2.05, 4.69) is 15.4 Å². The molecule has 0 saturated carbocycles. The van der Waals surface area contributed by atoms with Crippen LogP contribution in [-0.2, 0) is 10.0 Å². The number of pyridine rings is 1. The zero-order valence-corrected chi connectivity index (χ0v) is 16.1.